The van der Waals surface area contributed by atoms with E-state index in [4.69, 9.17) is 4.74 Å². The second-order valence-electron chi connectivity index (χ2n) is 6.21. The van der Waals surface area contributed by atoms with E-state index in [1.165, 1.54) is 6.08 Å². The fourth-order valence-corrected chi connectivity index (χ4v) is 4.46. The monoisotopic (exact) mass is 566 g/mol. The summed E-state index contributed by atoms with van der Waals surface area (Å²) in [6.45, 7) is 5.88. The molecule has 29 heavy (non-hydrogen) atoms. The molecule has 1 aliphatic rings. The van der Waals surface area contributed by atoms with Crippen LogP contribution in [0.2, 0.25) is 0 Å². The Labute approximate surface area is 189 Å². The van der Waals surface area contributed by atoms with Crippen molar-refractivity contribution in [3.8, 4) is 5.75 Å². The molecule has 0 bridgehead atoms. The number of nitrogens with one attached hydrogen (secondary N) is 1. The number of urea groups is 1. The van der Waals surface area contributed by atoms with E-state index in [0.29, 0.717) is 28.1 Å². The van der Waals surface area contributed by atoms with Gasteiger partial charge in [-0.25, -0.2) is 9.69 Å². The number of carbonyl (C=O) groups excluding carboxylic acids is 3. The normalized spacial score (nSPS) is 15.5. The fraction of sp³-hybridized carbons (Fsp3) is 0.0952. The highest BCUT2D eigenvalue weighted by Crippen LogP contribution is 2.33. The van der Waals surface area contributed by atoms with E-state index in [1.807, 2.05) is 6.92 Å². The van der Waals surface area contributed by atoms with Gasteiger partial charge in [-0.3, -0.25) is 14.9 Å². The molecule has 1 aliphatic heterocycles. The van der Waals surface area contributed by atoms with Crippen molar-refractivity contribution >= 4 is 68.1 Å². The van der Waals surface area contributed by atoms with Gasteiger partial charge in [0.05, 0.1) is 13.7 Å². The van der Waals surface area contributed by atoms with Crippen LogP contribution in [0.1, 0.15) is 11.1 Å². The lowest BCUT2D eigenvalue weighted by Crippen LogP contribution is -2.54. The molecule has 1 saturated heterocycles. The quantitative estimate of drug-likeness (QED) is 0.248. The minimum Gasteiger partial charge on any atom is -0.487 e. The van der Waals surface area contributed by atoms with E-state index >= 15 is 0 Å². The number of carbonyl (C=O) groups is 3. The zero-order valence-corrected chi connectivity index (χ0v) is 19.1. The van der Waals surface area contributed by atoms with Crippen molar-refractivity contribution in [1.82, 2.24) is 5.32 Å². The number of ether oxygens (including phenoxy) is 1. The largest absolute Gasteiger partial charge is 0.487 e. The van der Waals surface area contributed by atoms with Crippen LogP contribution in [0.25, 0.3) is 6.08 Å². The maximum atomic E-state index is 12.9. The lowest BCUT2D eigenvalue weighted by atomic mass is 10.1. The second kappa shape index (κ2) is 8.91. The first-order valence-electron chi connectivity index (χ1n) is 8.52. The lowest BCUT2D eigenvalue weighted by molar-refractivity contribution is -0.122. The first-order chi connectivity index (χ1) is 13.8. The number of nitrogens with zero attached hydrogens (tertiary/aromatic N) is 1. The third-order valence-electron chi connectivity index (χ3n) is 4.07. The summed E-state index contributed by atoms with van der Waals surface area (Å²) in [6, 6.07) is 9.64. The molecule has 2 aromatic carbocycles. The molecule has 148 valence electrons. The smallest absolute Gasteiger partial charge is 0.335 e. The summed E-state index contributed by atoms with van der Waals surface area (Å²) in [7, 11) is 0. The van der Waals surface area contributed by atoms with E-state index in [1.54, 1.807) is 42.5 Å². The third-order valence-corrected chi connectivity index (χ3v) is 5.46. The van der Waals surface area contributed by atoms with Gasteiger partial charge < -0.3 is 4.74 Å². The molecule has 0 unspecified atom stereocenters. The van der Waals surface area contributed by atoms with Crippen molar-refractivity contribution in [2.45, 2.75) is 6.92 Å². The van der Waals surface area contributed by atoms with E-state index in [2.05, 4.69) is 50.4 Å². The molecular formula is C21H16BrIN2O4. The molecule has 2 aromatic rings. The number of halogens is 2. The Balaban J connectivity index is 1.98. The van der Waals surface area contributed by atoms with Gasteiger partial charge in [0.2, 0.25) is 0 Å². The zero-order chi connectivity index (χ0) is 21.1. The molecule has 8 heteroatoms. The molecular weight excluding hydrogens is 551 g/mol. The molecule has 0 saturated carbocycles. The molecule has 0 atom stereocenters. The molecule has 0 spiro atoms. The highest BCUT2D eigenvalue weighted by atomic mass is 127. The zero-order valence-electron chi connectivity index (χ0n) is 15.4. The fourth-order valence-electron chi connectivity index (χ4n) is 2.70. The first-order valence-corrected chi connectivity index (χ1v) is 10.4. The van der Waals surface area contributed by atoms with Gasteiger partial charge in [-0.15, -0.1) is 0 Å². The van der Waals surface area contributed by atoms with Gasteiger partial charge in [0, 0.05) is 0 Å². The Morgan fingerprint density at radius 2 is 1.90 bits per heavy atom. The van der Waals surface area contributed by atoms with Gasteiger partial charge in [0.25, 0.3) is 11.8 Å². The van der Waals surface area contributed by atoms with Crippen LogP contribution in [0.15, 0.2) is 59.1 Å². The minimum absolute atomic E-state index is 0.132. The molecule has 4 amide bonds. The third kappa shape index (κ3) is 4.59. The van der Waals surface area contributed by atoms with Gasteiger partial charge in [0.15, 0.2) is 0 Å². The number of anilines is 1. The van der Waals surface area contributed by atoms with Crippen LogP contribution in [0.3, 0.4) is 0 Å². The standard InChI is InChI=1S/C21H16BrIN2O4/c1-3-8-29-18-16(22)10-13(11-17(18)23)9-15-19(26)24-21(28)25(20(15)27)14-6-4-12(2)5-7-14/h3-7,9-11H,1,8H2,2H3,(H,24,26,28)/b15-9+. The second-order valence-corrected chi connectivity index (χ2v) is 8.22. The van der Waals surface area contributed by atoms with E-state index in [9.17, 15) is 14.4 Å². The molecule has 0 aromatic heterocycles. The van der Waals surface area contributed by atoms with E-state index in [-0.39, 0.29) is 5.57 Å². The van der Waals surface area contributed by atoms with Crippen molar-refractivity contribution in [2.24, 2.45) is 0 Å². The maximum absolute atomic E-state index is 12.9. The number of benzene rings is 2. The number of aryl methyl sites for hydroxylation is 1. The molecule has 0 aliphatic carbocycles. The Bertz CT molecular complexity index is 1020. The predicted molar refractivity (Wildman–Crippen MR) is 123 cm³/mol. The van der Waals surface area contributed by atoms with Crippen molar-refractivity contribution in [1.29, 1.82) is 0 Å². The van der Waals surface area contributed by atoms with E-state index < -0.39 is 17.8 Å². The van der Waals surface area contributed by atoms with Gasteiger partial charge in [0.1, 0.15) is 17.9 Å². The molecule has 6 nitrogen and oxygen atoms in total. The summed E-state index contributed by atoms with van der Waals surface area (Å²) < 4.78 is 7.08. The summed E-state index contributed by atoms with van der Waals surface area (Å²) in [6.07, 6.45) is 3.09. The van der Waals surface area contributed by atoms with Crippen LogP contribution in [0.5, 0.6) is 5.75 Å². The van der Waals surface area contributed by atoms with Crippen LogP contribution in [-0.2, 0) is 9.59 Å². The van der Waals surface area contributed by atoms with Crippen LogP contribution >= 0.6 is 38.5 Å². The van der Waals surface area contributed by atoms with Crippen molar-refractivity contribution in [3.63, 3.8) is 0 Å². The van der Waals surface area contributed by atoms with Crippen LogP contribution < -0.4 is 15.0 Å². The number of hydrogen-bond donors (Lipinski definition) is 1. The van der Waals surface area contributed by atoms with Gasteiger partial charge in [-0.1, -0.05) is 30.4 Å². The maximum Gasteiger partial charge on any atom is 0.335 e. The highest BCUT2D eigenvalue weighted by Gasteiger charge is 2.36. The van der Waals surface area contributed by atoms with Crippen molar-refractivity contribution < 1.29 is 19.1 Å². The summed E-state index contributed by atoms with van der Waals surface area (Å²) in [5.74, 6) is -0.772. The van der Waals surface area contributed by atoms with Gasteiger partial charge >= 0.3 is 6.03 Å². The molecule has 1 N–H and O–H groups in total. The first kappa shape index (κ1) is 21.3. The number of barbiturate groups is 1. The van der Waals surface area contributed by atoms with Crippen LogP contribution in [0.4, 0.5) is 10.5 Å². The Kier molecular flexibility index (Phi) is 6.53. The number of hydrogen-bond acceptors (Lipinski definition) is 4. The molecule has 0 radical (unpaired) electrons. The summed E-state index contributed by atoms with van der Waals surface area (Å²) in [4.78, 5) is 38.5. The van der Waals surface area contributed by atoms with E-state index in [0.717, 1.165) is 14.0 Å². The van der Waals surface area contributed by atoms with Gasteiger partial charge in [-0.2, -0.15) is 0 Å². The van der Waals surface area contributed by atoms with Crippen molar-refractivity contribution in [3.05, 3.63) is 73.8 Å². The predicted octanol–water partition coefficient (Wildman–Crippen LogP) is 4.59. The number of imide groups is 2. The summed E-state index contributed by atoms with van der Waals surface area (Å²) in [5, 5.41) is 2.22. The van der Waals surface area contributed by atoms with Crippen LogP contribution in [-0.4, -0.2) is 24.5 Å². The SMILES string of the molecule is C=CCOc1c(Br)cc(/C=C2\C(=O)NC(=O)N(c3ccc(C)cc3)C2=O)cc1I. The summed E-state index contributed by atoms with van der Waals surface area (Å²) >= 11 is 5.55. The number of amides is 4. The topological polar surface area (TPSA) is 75.7 Å². The Hall–Kier alpha value is -2.46. The summed E-state index contributed by atoms with van der Waals surface area (Å²) in [5.41, 5.74) is 1.86. The average Bonchev–Trinajstić information content (AvgIpc) is 2.66. The Morgan fingerprint density at radius 3 is 2.52 bits per heavy atom. The highest BCUT2D eigenvalue weighted by molar-refractivity contribution is 14.1. The minimum atomic E-state index is -0.773. The molecule has 1 fully saturated rings. The van der Waals surface area contributed by atoms with Gasteiger partial charge in [-0.05, 0) is 81.3 Å². The molecule has 1 heterocycles. The number of rotatable bonds is 5. The Morgan fingerprint density at radius 1 is 1.21 bits per heavy atom. The van der Waals surface area contributed by atoms with Crippen LogP contribution in [0, 0.1) is 10.5 Å². The van der Waals surface area contributed by atoms with Crippen molar-refractivity contribution in [2.75, 3.05) is 11.5 Å². The molecule has 3 rings (SSSR count). The lowest BCUT2D eigenvalue weighted by Gasteiger charge is -2.26. The average molecular weight is 567 g/mol.